The third kappa shape index (κ3) is 6.30. The Kier molecular flexibility index (Phi) is 9.61. The molecular formula is C28H34O8. The minimum Gasteiger partial charge on any atom is -0.504 e. The fourth-order valence-corrected chi connectivity index (χ4v) is 3.93. The first-order chi connectivity index (χ1) is 17.4. The summed E-state index contributed by atoms with van der Waals surface area (Å²) in [6, 6.07) is 8.33. The molecule has 1 heterocycles. The molecule has 0 radical (unpaired) electrons. The van der Waals surface area contributed by atoms with Gasteiger partial charge in [-0.25, -0.2) is 4.79 Å². The molecule has 0 unspecified atom stereocenters. The lowest BCUT2D eigenvalue weighted by Crippen LogP contribution is -2.21. The van der Waals surface area contributed by atoms with Gasteiger partial charge in [0.2, 0.25) is 0 Å². The van der Waals surface area contributed by atoms with Crippen molar-refractivity contribution >= 4 is 18.0 Å². The molecule has 0 aromatic heterocycles. The number of carbonyl (C=O) groups is 2. The molecule has 2 aromatic carbocycles. The van der Waals surface area contributed by atoms with Crippen molar-refractivity contribution in [3.05, 3.63) is 53.1 Å². The molecule has 0 amide bonds. The molecular weight excluding hydrogens is 464 g/mol. The predicted molar refractivity (Wildman–Crippen MR) is 135 cm³/mol. The Morgan fingerprint density at radius 1 is 0.972 bits per heavy atom. The maximum absolute atomic E-state index is 13.3. The number of esters is 2. The van der Waals surface area contributed by atoms with E-state index in [4.69, 9.17) is 23.7 Å². The molecule has 0 aliphatic carbocycles. The van der Waals surface area contributed by atoms with E-state index in [1.54, 1.807) is 30.3 Å². The second-order valence-electron chi connectivity index (χ2n) is 8.46. The highest BCUT2D eigenvalue weighted by Gasteiger charge is 2.43. The zero-order valence-electron chi connectivity index (χ0n) is 21.2. The highest BCUT2D eigenvalue weighted by molar-refractivity contribution is 5.88. The number of rotatable bonds is 12. The lowest BCUT2D eigenvalue weighted by molar-refractivity contribution is -0.147. The Labute approximate surface area is 211 Å². The van der Waals surface area contributed by atoms with Crippen LogP contribution in [0, 0.1) is 0 Å². The van der Waals surface area contributed by atoms with Gasteiger partial charge in [-0.1, -0.05) is 32.8 Å². The summed E-state index contributed by atoms with van der Waals surface area (Å²) >= 11 is 0. The van der Waals surface area contributed by atoms with E-state index in [2.05, 4.69) is 0 Å². The zero-order valence-corrected chi connectivity index (χ0v) is 21.2. The Hall–Kier alpha value is -3.68. The van der Waals surface area contributed by atoms with Crippen LogP contribution in [-0.4, -0.2) is 44.5 Å². The van der Waals surface area contributed by atoms with Gasteiger partial charge in [0.25, 0.3) is 0 Å². The Bertz CT molecular complexity index is 1090. The topological polar surface area (TPSA) is 101 Å². The molecule has 0 saturated heterocycles. The summed E-state index contributed by atoms with van der Waals surface area (Å²) in [7, 11) is 2.96. The lowest BCUT2D eigenvalue weighted by atomic mass is 9.90. The number of hydrogen-bond donors (Lipinski definition) is 1. The van der Waals surface area contributed by atoms with Crippen LogP contribution in [0.4, 0.5) is 0 Å². The summed E-state index contributed by atoms with van der Waals surface area (Å²) in [5.41, 5.74) is 1.88. The van der Waals surface area contributed by atoms with E-state index < -0.39 is 24.0 Å². The number of ether oxygens (including phenoxy) is 5. The van der Waals surface area contributed by atoms with Crippen LogP contribution in [-0.2, 0) is 19.1 Å². The maximum atomic E-state index is 13.3. The van der Waals surface area contributed by atoms with Crippen LogP contribution in [0.2, 0.25) is 0 Å². The van der Waals surface area contributed by atoms with Crippen molar-refractivity contribution in [2.75, 3.05) is 27.4 Å². The molecule has 36 heavy (non-hydrogen) atoms. The smallest absolute Gasteiger partial charge is 0.330 e. The first kappa shape index (κ1) is 26.9. The van der Waals surface area contributed by atoms with Crippen molar-refractivity contribution in [3.8, 4) is 23.0 Å². The summed E-state index contributed by atoms with van der Waals surface area (Å²) < 4.78 is 27.9. The minimum atomic E-state index is -0.787. The van der Waals surface area contributed by atoms with Crippen LogP contribution in [0.3, 0.4) is 0 Å². The van der Waals surface area contributed by atoms with E-state index in [9.17, 15) is 14.7 Å². The number of benzene rings is 2. The van der Waals surface area contributed by atoms with Crippen molar-refractivity contribution in [2.45, 2.75) is 51.6 Å². The number of carbonyl (C=O) groups excluding carboxylic acids is 2. The number of methoxy groups -OCH3 is 2. The van der Waals surface area contributed by atoms with Crippen LogP contribution in [0.5, 0.6) is 23.0 Å². The number of hydrogen-bond acceptors (Lipinski definition) is 8. The molecule has 3 rings (SSSR count). The van der Waals surface area contributed by atoms with Gasteiger partial charge in [0.15, 0.2) is 23.0 Å². The fraction of sp³-hybridized carbons (Fsp3) is 0.429. The van der Waals surface area contributed by atoms with Crippen molar-refractivity contribution < 1.29 is 38.4 Å². The standard InChI is InChI=1S/C28H34O8/c1-5-7-13-34-24(30)12-9-18-15-20-25(28(31)35-14-8-6-2)26(36-27(20)23(16-18)33-4)19-10-11-21(29)22(17-19)32-3/h9-12,15-17,25-26,29H,5-8,13-14H2,1-4H3/b12-9+/t25-,26+/m0/s1. The monoisotopic (exact) mass is 498 g/mol. The number of phenolic OH excluding ortho intramolecular Hbond substituents is 1. The van der Waals surface area contributed by atoms with Gasteiger partial charge < -0.3 is 28.8 Å². The molecule has 0 spiro atoms. The molecule has 0 bridgehead atoms. The van der Waals surface area contributed by atoms with E-state index in [0.29, 0.717) is 41.4 Å². The molecule has 0 saturated carbocycles. The predicted octanol–water partition coefficient (Wildman–Crippen LogP) is 5.33. The highest BCUT2D eigenvalue weighted by atomic mass is 16.6. The van der Waals surface area contributed by atoms with Crippen molar-refractivity contribution in [3.63, 3.8) is 0 Å². The first-order valence-electron chi connectivity index (χ1n) is 12.2. The minimum absolute atomic E-state index is 0.0188. The van der Waals surface area contributed by atoms with Crippen molar-refractivity contribution in [2.24, 2.45) is 0 Å². The second-order valence-corrected chi connectivity index (χ2v) is 8.46. The second kappa shape index (κ2) is 12.9. The Morgan fingerprint density at radius 2 is 1.67 bits per heavy atom. The van der Waals surface area contributed by atoms with Crippen molar-refractivity contribution in [1.29, 1.82) is 0 Å². The summed E-state index contributed by atoms with van der Waals surface area (Å²) in [6.07, 6.45) is 5.61. The normalized spacial score (nSPS) is 16.3. The summed E-state index contributed by atoms with van der Waals surface area (Å²) in [6.45, 7) is 4.70. The Balaban J connectivity index is 1.99. The van der Waals surface area contributed by atoms with Crippen LogP contribution in [0.25, 0.3) is 6.08 Å². The van der Waals surface area contributed by atoms with Crippen molar-refractivity contribution in [1.82, 2.24) is 0 Å². The molecule has 8 heteroatoms. The first-order valence-corrected chi connectivity index (χ1v) is 12.2. The van der Waals surface area contributed by atoms with Gasteiger partial charge in [-0.15, -0.1) is 0 Å². The van der Waals surface area contributed by atoms with Gasteiger partial charge in [-0.05, 0) is 54.3 Å². The lowest BCUT2D eigenvalue weighted by Gasteiger charge is -2.19. The van der Waals surface area contributed by atoms with Gasteiger partial charge in [0, 0.05) is 11.6 Å². The average Bonchev–Trinajstić information content (AvgIpc) is 3.27. The molecule has 0 fully saturated rings. The molecule has 194 valence electrons. The van der Waals surface area contributed by atoms with E-state index in [1.165, 1.54) is 26.4 Å². The largest absolute Gasteiger partial charge is 0.504 e. The number of fused-ring (bicyclic) bond motifs is 1. The molecule has 2 atom stereocenters. The van der Waals surface area contributed by atoms with Gasteiger partial charge in [0.05, 0.1) is 27.4 Å². The number of unbranched alkanes of at least 4 members (excludes halogenated alkanes) is 2. The molecule has 2 aromatic rings. The summed E-state index contributed by atoms with van der Waals surface area (Å²) in [5.74, 6) is -0.562. The van der Waals surface area contributed by atoms with E-state index >= 15 is 0 Å². The van der Waals surface area contributed by atoms with Gasteiger partial charge in [0.1, 0.15) is 12.0 Å². The third-order valence-corrected chi connectivity index (χ3v) is 5.89. The van der Waals surface area contributed by atoms with Crippen LogP contribution >= 0.6 is 0 Å². The average molecular weight is 499 g/mol. The summed E-state index contributed by atoms with van der Waals surface area (Å²) in [4.78, 5) is 25.3. The van der Waals surface area contributed by atoms with Gasteiger partial charge >= 0.3 is 11.9 Å². The Morgan fingerprint density at radius 3 is 2.33 bits per heavy atom. The third-order valence-electron chi connectivity index (χ3n) is 5.89. The van der Waals surface area contributed by atoms with Gasteiger partial charge in [-0.3, -0.25) is 4.79 Å². The van der Waals surface area contributed by atoms with Gasteiger partial charge in [-0.2, -0.15) is 0 Å². The van der Waals surface area contributed by atoms with E-state index in [-0.39, 0.29) is 11.5 Å². The highest BCUT2D eigenvalue weighted by Crippen LogP contribution is 2.52. The number of phenols is 1. The van der Waals surface area contributed by atoms with E-state index in [0.717, 1.165) is 25.7 Å². The zero-order chi connectivity index (χ0) is 26.1. The SMILES string of the molecule is CCCCOC(=O)/C=C/c1cc(OC)c2c(c1)[C@H](C(=O)OCCCC)[C@@H](c1ccc(O)c(OC)c1)O2. The molecule has 1 N–H and O–H groups in total. The number of aromatic hydroxyl groups is 1. The van der Waals surface area contributed by atoms with Crippen LogP contribution < -0.4 is 14.2 Å². The van der Waals surface area contributed by atoms with Crippen LogP contribution in [0.1, 0.15) is 68.2 Å². The maximum Gasteiger partial charge on any atom is 0.330 e. The molecule has 1 aliphatic rings. The molecule has 1 aliphatic heterocycles. The summed E-state index contributed by atoms with van der Waals surface area (Å²) in [5, 5.41) is 10.0. The van der Waals surface area contributed by atoms with E-state index in [1.807, 2.05) is 13.8 Å². The quantitative estimate of drug-likeness (QED) is 0.238. The molecule has 8 nitrogen and oxygen atoms in total. The van der Waals surface area contributed by atoms with Crippen LogP contribution in [0.15, 0.2) is 36.4 Å². The fourth-order valence-electron chi connectivity index (χ4n) is 3.93.